The summed E-state index contributed by atoms with van der Waals surface area (Å²) in [5.41, 5.74) is -0.413. The largest absolute Gasteiger partial charge is 0.485 e. The number of rotatable bonds is 17. The number of carbonyl (C=O) groups excluding carboxylic acids is 1. The number of allylic oxidation sites excluding steroid dienone is 3. The number of ether oxygens (including phenoxy) is 5. The van der Waals surface area contributed by atoms with Gasteiger partial charge in [-0.1, -0.05) is 60.7 Å². The highest BCUT2D eigenvalue weighted by Gasteiger charge is 2.34. The van der Waals surface area contributed by atoms with Crippen LogP contribution >= 0.6 is 0 Å². The summed E-state index contributed by atoms with van der Waals surface area (Å²) in [7, 11) is 0. The van der Waals surface area contributed by atoms with Crippen molar-refractivity contribution in [3.05, 3.63) is 183 Å². The molecular weight excluding hydrogens is 913 g/mol. The molecule has 0 saturated carbocycles. The fraction of sp³-hybridized carbons (Fsp3) is 0.245. The lowest BCUT2D eigenvalue weighted by Gasteiger charge is -2.19. The second-order valence-corrected chi connectivity index (χ2v) is 15.0. The number of esters is 1. The molecule has 0 bridgehead atoms. The minimum absolute atomic E-state index is 0.0627. The normalized spacial score (nSPS) is 13.5. The van der Waals surface area contributed by atoms with Crippen LogP contribution in [0.2, 0.25) is 0 Å². The molecule has 354 valence electrons. The van der Waals surface area contributed by atoms with Gasteiger partial charge in [0.25, 0.3) is 0 Å². The Morgan fingerprint density at radius 3 is 1.34 bits per heavy atom. The Kier molecular flexibility index (Phi) is 15.7. The minimum Gasteiger partial charge on any atom is -0.485 e. The van der Waals surface area contributed by atoms with Gasteiger partial charge in [-0.05, 0) is 113 Å². The lowest BCUT2D eigenvalue weighted by atomic mass is 9.98. The molecular formula is C49H38F12O6. The van der Waals surface area contributed by atoms with Gasteiger partial charge in [0.1, 0.15) is 26.4 Å². The maximum atomic E-state index is 13.1. The molecule has 0 heterocycles. The van der Waals surface area contributed by atoms with Crippen LogP contribution in [-0.2, 0) is 54.3 Å². The van der Waals surface area contributed by atoms with Crippen LogP contribution in [-0.4, -0.2) is 25.4 Å². The molecule has 18 heteroatoms. The summed E-state index contributed by atoms with van der Waals surface area (Å²) in [5, 5.41) is 0. The standard InChI is InChI=1S/C49H38F12O6/c50-46(51,52)37-12-1-33(2-13-37)27-64-41-20-9-31(25-43(41)66-29-35-5-16-39(17-6-35)48(56,57)58)11-22-45(62)63-24-23-32-10-21-42(65-28-34-3-14-38(15-4-34)47(53,54)55)44(26-32)67-30-36-7-18-40(19-8-36)49(59,60)61/h1-3,5-14,16-22,25-26H,4,15,23-24,27-30H2/b22-11+. The molecule has 0 amide bonds. The first kappa shape index (κ1) is 49.6. The lowest BCUT2D eigenvalue weighted by Crippen LogP contribution is -2.15. The number of alkyl halides is 12. The van der Waals surface area contributed by atoms with Crippen LogP contribution in [0.3, 0.4) is 0 Å². The van der Waals surface area contributed by atoms with E-state index in [1.54, 1.807) is 24.3 Å². The van der Waals surface area contributed by atoms with Gasteiger partial charge in [0.15, 0.2) is 23.0 Å². The van der Waals surface area contributed by atoms with E-state index >= 15 is 0 Å². The van der Waals surface area contributed by atoms with Crippen LogP contribution in [0, 0.1) is 0 Å². The van der Waals surface area contributed by atoms with Crippen molar-refractivity contribution in [2.45, 2.75) is 63.8 Å². The number of benzene rings is 5. The molecule has 67 heavy (non-hydrogen) atoms. The second-order valence-electron chi connectivity index (χ2n) is 15.0. The monoisotopic (exact) mass is 950 g/mol. The van der Waals surface area contributed by atoms with Gasteiger partial charge in [-0.3, -0.25) is 0 Å². The van der Waals surface area contributed by atoms with Crippen LogP contribution in [0.4, 0.5) is 52.7 Å². The molecule has 0 aromatic heterocycles. The molecule has 6 rings (SSSR count). The molecule has 0 unspecified atom stereocenters. The fourth-order valence-electron chi connectivity index (χ4n) is 6.34. The summed E-state index contributed by atoms with van der Waals surface area (Å²) < 4.78 is 186. The zero-order valence-electron chi connectivity index (χ0n) is 34.8. The van der Waals surface area contributed by atoms with E-state index in [2.05, 4.69) is 0 Å². The van der Waals surface area contributed by atoms with E-state index in [-0.39, 0.29) is 75.3 Å². The Labute approximate surface area is 375 Å². The molecule has 1 aliphatic carbocycles. The zero-order chi connectivity index (χ0) is 48.4. The van der Waals surface area contributed by atoms with Crippen molar-refractivity contribution in [1.82, 2.24) is 0 Å². The van der Waals surface area contributed by atoms with E-state index in [1.165, 1.54) is 60.7 Å². The zero-order valence-corrected chi connectivity index (χ0v) is 34.8. The molecule has 5 aromatic rings. The summed E-state index contributed by atoms with van der Waals surface area (Å²) in [6.07, 6.45) is -13.1. The van der Waals surface area contributed by atoms with Crippen molar-refractivity contribution in [2.75, 3.05) is 13.2 Å². The number of halogens is 12. The highest BCUT2D eigenvalue weighted by atomic mass is 19.4. The third-order valence-corrected chi connectivity index (χ3v) is 10.1. The molecule has 0 spiro atoms. The topological polar surface area (TPSA) is 63.2 Å². The predicted octanol–water partition coefficient (Wildman–Crippen LogP) is 13.9. The van der Waals surface area contributed by atoms with Gasteiger partial charge in [-0.2, -0.15) is 52.7 Å². The SMILES string of the molecule is O=C(/C=C/c1ccc(OCc2ccc(C(F)(F)F)cc2)c(OCc2ccc(C(F)(F)F)cc2)c1)OCCc1ccc(OCC2=CC=C(C(F)(F)F)CC2)c(OCc2ccc(C(F)(F)F)cc2)c1. The molecule has 5 aromatic carbocycles. The summed E-state index contributed by atoms with van der Waals surface area (Å²) in [5.74, 6) is -0.116. The smallest absolute Gasteiger partial charge is 0.416 e. The van der Waals surface area contributed by atoms with Gasteiger partial charge in [0.05, 0.1) is 23.3 Å². The number of hydrogen-bond donors (Lipinski definition) is 0. The van der Waals surface area contributed by atoms with Crippen molar-refractivity contribution in [1.29, 1.82) is 0 Å². The first-order valence-corrected chi connectivity index (χ1v) is 20.2. The molecule has 1 aliphatic rings. The van der Waals surface area contributed by atoms with Gasteiger partial charge >= 0.3 is 30.7 Å². The number of hydrogen-bond acceptors (Lipinski definition) is 6. The average Bonchev–Trinajstić information content (AvgIpc) is 3.28. The second kappa shape index (κ2) is 21.2. The Hall–Kier alpha value is -6.85. The first-order valence-electron chi connectivity index (χ1n) is 20.2. The van der Waals surface area contributed by atoms with Crippen LogP contribution in [0.5, 0.6) is 23.0 Å². The van der Waals surface area contributed by atoms with E-state index < -0.39 is 52.9 Å². The molecule has 6 nitrogen and oxygen atoms in total. The summed E-state index contributed by atoms with van der Waals surface area (Å²) >= 11 is 0. The van der Waals surface area contributed by atoms with Crippen molar-refractivity contribution in [3.8, 4) is 23.0 Å². The first-order chi connectivity index (χ1) is 31.6. The van der Waals surface area contributed by atoms with E-state index in [1.807, 2.05) is 0 Å². The third kappa shape index (κ3) is 14.8. The van der Waals surface area contributed by atoms with E-state index in [9.17, 15) is 57.5 Å². The van der Waals surface area contributed by atoms with Crippen molar-refractivity contribution in [2.24, 2.45) is 0 Å². The summed E-state index contributed by atoms with van der Waals surface area (Å²) in [6.45, 7) is -0.704. The molecule has 0 atom stereocenters. The van der Waals surface area contributed by atoms with Crippen molar-refractivity contribution >= 4 is 12.0 Å². The number of carbonyl (C=O) groups is 1. The van der Waals surface area contributed by atoms with Crippen LogP contribution in [0.15, 0.2) is 139 Å². The maximum Gasteiger partial charge on any atom is 0.416 e. The van der Waals surface area contributed by atoms with Gasteiger partial charge in [-0.15, -0.1) is 0 Å². The maximum absolute atomic E-state index is 13.1. The quantitative estimate of drug-likeness (QED) is 0.0526. The van der Waals surface area contributed by atoms with Crippen molar-refractivity contribution in [3.63, 3.8) is 0 Å². The van der Waals surface area contributed by atoms with Gasteiger partial charge in [-0.25, -0.2) is 4.79 Å². The Morgan fingerprint density at radius 2 is 0.896 bits per heavy atom. The molecule has 0 aliphatic heterocycles. The minimum atomic E-state index is -4.55. The summed E-state index contributed by atoms with van der Waals surface area (Å²) in [6, 6.07) is 22.2. The predicted molar refractivity (Wildman–Crippen MR) is 221 cm³/mol. The Bertz CT molecular complexity index is 2550. The van der Waals surface area contributed by atoms with Gasteiger partial charge in [0, 0.05) is 18.1 Å². The highest BCUT2D eigenvalue weighted by molar-refractivity contribution is 5.87. The van der Waals surface area contributed by atoms with Gasteiger partial charge in [0.2, 0.25) is 0 Å². The third-order valence-electron chi connectivity index (χ3n) is 10.1. The van der Waals surface area contributed by atoms with Crippen LogP contribution in [0.25, 0.3) is 6.08 Å². The van der Waals surface area contributed by atoms with E-state index in [0.717, 1.165) is 48.6 Å². The molecule has 0 radical (unpaired) electrons. The molecule has 0 N–H and O–H groups in total. The van der Waals surface area contributed by atoms with Crippen molar-refractivity contribution < 1.29 is 81.2 Å². The Morgan fingerprint density at radius 1 is 0.463 bits per heavy atom. The van der Waals surface area contributed by atoms with Gasteiger partial charge < -0.3 is 23.7 Å². The van der Waals surface area contributed by atoms with E-state index in [0.29, 0.717) is 33.4 Å². The fourth-order valence-corrected chi connectivity index (χ4v) is 6.34. The highest BCUT2D eigenvalue weighted by Crippen LogP contribution is 2.37. The lowest BCUT2D eigenvalue weighted by molar-refractivity contribution is -0.138. The summed E-state index contributed by atoms with van der Waals surface area (Å²) in [4.78, 5) is 12.8. The van der Waals surface area contributed by atoms with E-state index in [4.69, 9.17) is 23.7 Å². The molecule has 0 fully saturated rings. The average molecular weight is 951 g/mol. The van der Waals surface area contributed by atoms with Crippen LogP contribution in [0.1, 0.15) is 57.3 Å². The Balaban J connectivity index is 1.10. The van der Waals surface area contributed by atoms with Crippen LogP contribution < -0.4 is 18.9 Å². The molecule has 0 saturated heterocycles.